The first-order valence-corrected chi connectivity index (χ1v) is 11.2. The zero-order chi connectivity index (χ0) is 22.8. The third-order valence-corrected chi connectivity index (χ3v) is 6.16. The molecule has 0 aliphatic carbocycles. The van der Waals surface area contributed by atoms with Crippen LogP contribution in [0.2, 0.25) is 5.02 Å². The molecule has 0 N–H and O–H groups in total. The second-order valence-electron chi connectivity index (χ2n) is 8.26. The molecule has 0 radical (unpaired) electrons. The van der Waals surface area contributed by atoms with E-state index in [0.29, 0.717) is 29.5 Å². The van der Waals surface area contributed by atoms with Crippen LogP contribution in [0.4, 0.5) is 0 Å². The highest BCUT2D eigenvalue weighted by molar-refractivity contribution is 6.34. The first-order chi connectivity index (χ1) is 16.1. The highest BCUT2D eigenvalue weighted by Gasteiger charge is 2.34. The number of carbonyl (C=O) groups is 1. The van der Waals surface area contributed by atoms with Gasteiger partial charge in [-0.2, -0.15) is 5.10 Å². The van der Waals surface area contributed by atoms with Crippen molar-refractivity contribution in [2.45, 2.75) is 19.0 Å². The molecule has 6 nitrogen and oxygen atoms in total. The molecule has 1 unspecified atom stereocenters. The number of rotatable bonds is 6. The Bertz CT molecular complexity index is 1200. The molecule has 3 aromatic rings. The van der Waals surface area contributed by atoms with Crippen molar-refractivity contribution < 1.29 is 14.3 Å². The molecular formula is C26H24ClN3O3. The molecule has 2 aliphatic rings. The van der Waals surface area contributed by atoms with Gasteiger partial charge >= 0.3 is 0 Å². The minimum absolute atomic E-state index is 0.0712. The van der Waals surface area contributed by atoms with Gasteiger partial charge in [0.05, 0.1) is 18.3 Å². The van der Waals surface area contributed by atoms with Gasteiger partial charge in [0.1, 0.15) is 0 Å². The van der Waals surface area contributed by atoms with Gasteiger partial charge in [0.2, 0.25) is 6.79 Å². The topological polar surface area (TPSA) is 54.4 Å². The smallest absolute Gasteiger partial charge is 0.257 e. The summed E-state index contributed by atoms with van der Waals surface area (Å²) >= 11 is 6.45. The number of hydrogen-bond acceptors (Lipinski definition) is 5. The summed E-state index contributed by atoms with van der Waals surface area (Å²) in [4.78, 5) is 15.4. The number of hydrogen-bond donors (Lipinski definition) is 0. The Labute approximate surface area is 198 Å². The molecule has 3 aromatic carbocycles. The van der Waals surface area contributed by atoms with Crippen LogP contribution in [0.5, 0.6) is 11.5 Å². The van der Waals surface area contributed by atoms with Gasteiger partial charge in [-0.1, -0.05) is 66.2 Å². The monoisotopic (exact) mass is 461 g/mol. The maximum atomic E-state index is 13.4. The Morgan fingerprint density at radius 1 is 1.06 bits per heavy atom. The molecular weight excluding hydrogens is 438 g/mol. The number of hydrazone groups is 1. The molecule has 0 spiro atoms. The van der Waals surface area contributed by atoms with Gasteiger partial charge in [0.15, 0.2) is 11.5 Å². The number of halogens is 1. The maximum absolute atomic E-state index is 13.4. The van der Waals surface area contributed by atoms with Crippen molar-refractivity contribution in [2.75, 3.05) is 20.4 Å². The van der Waals surface area contributed by atoms with E-state index in [0.717, 1.165) is 22.4 Å². The van der Waals surface area contributed by atoms with Gasteiger partial charge in [0.25, 0.3) is 5.91 Å². The molecule has 1 amide bonds. The lowest BCUT2D eigenvalue weighted by atomic mass is 9.98. The fourth-order valence-corrected chi connectivity index (χ4v) is 4.48. The first kappa shape index (κ1) is 21.5. The molecule has 0 saturated carbocycles. The largest absolute Gasteiger partial charge is 0.454 e. The van der Waals surface area contributed by atoms with Crippen LogP contribution in [0, 0.1) is 0 Å². The number of carbonyl (C=O) groups excluding carboxylic acids is 1. The SMILES string of the molecule is CN(CC(=O)N1N=C(c2ccccc2Cl)CC1c1ccc2c(c1)OCO2)Cc1ccccc1. The Morgan fingerprint density at radius 3 is 2.64 bits per heavy atom. The fourth-order valence-electron chi connectivity index (χ4n) is 4.23. The van der Waals surface area contributed by atoms with Gasteiger partial charge in [-0.05, 0) is 36.4 Å². The summed E-state index contributed by atoms with van der Waals surface area (Å²) in [7, 11) is 1.94. The summed E-state index contributed by atoms with van der Waals surface area (Å²) in [5, 5.41) is 6.96. The van der Waals surface area contributed by atoms with Gasteiger partial charge in [0, 0.05) is 23.6 Å². The van der Waals surface area contributed by atoms with E-state index in [4.69, 9.17) is 26.2 Å². The van der Waals surface area contributed by atoms with Gasteiger partial charge in [-0.15, -0.1) is 0 Å². The van der Waals surface area contributed by atoms with E-state index in [1.54, 1.807) is 5.01 Å². The standard InChI is InChI=1S/C26H24ClN3O3/c1-29(15-18-7-3-2-4-8-18)16-26(31)30-23(19-11-12-24-25(13-19)33-17-32-24)14-22(28-30)20-9-5-6-10-21(20)27/h2-13,23H,14-17H2,1H3. The lowest BCUT2D eigenvalue weighted by molar-refractivity contribution is -0.134. The van der Waals surface area contributed by atoms with Crippen LogP contribution in [0.25, 0.3) is 0 Å². The number of amides is 1. The van der Waals surface area contributed by atoms with E-state index in [9.17, 15) is 4.79 Å². The number of nitrogens with zero attached hydrogens (tertiary/aromatic N) is 3. The third kappa shape index (κ3) is 4.58. The molecule has 0 bridgehead atoms. The van der Waals surface area contributed by atoms with E-state index >= 15 is 0 Å². The average Bonchev–Trinajstić information content (AvgIpc) is 3.47. The molecule has 2 aliphatic heterocycles. The van der Waals surface area contributed by atoms with Crippen LogP contribution in [0.3, 0.4) is 0 Å². The highest BCUT2D eigenvalue weighted by Crippen LogP contribution is 2.39. The highest BCUT2D eigenvalue weighted by atomic mass is 35.5. The van der Waals surface area contributed by atoms with E-state index < -0.39 is 0 Å². The molecule has 0 aromatic heterocycles. The summed E-state index contributed by atoms with van der Waals surface area (Å²) < 4.78 is 11.0. The third-order valence-electron chi connectivity index (χ3n) is 5.83. The molecule has 1 atom stereocenters. The van der Waals surface area contributed by atoms with Crippen LogP contribution in [0.15, 0.2) is 77.9 Å². The molecule has 168 valence electrons. The second kappa shape index (κ2) is 9.25. The summed E-state index contributed by atoms with van der Waals surface area (Å²) in [6.07, 6.45) is 0.567. The quantitative estimate of drug-likeness (QED) is 0.525. The van der Waals surface area contributed by atoms with E-state index in [-0.39, 0.29) is 25.3 Å². The number of fused-ring (bicyclic) bond motifs is 1. The minimum atomic E-state index is -0.247. The average molecular weight is 462 g/mol. The summed E-state index contributed by atoms with van der Waals surface area (Å²) in [5.41, 5.74) is 3.74. The lowest BCUT2D eigenvalue weighted by Gasteiger charge is -2.25. The van der Waals surface area contributed by atoms with E-state index in [1.165, 1.54) is 0 Å². The second-order valence-corrected chi connectivity index (χ2v) is 8.66. The summed E-state index contributed by atoms with van der Waals surface area (Å²) in [6.45, 7) is 1.13. The number of ether oxygens (including phenoxy) is 2. The van der Waals surface area contributed by atoms with E-state index in [2.05, 4.69) is 12.1 Å². The zero-order valence-corrected chi connectivity index (χ0v) is 19.0. The van der Waals surface area contributed by atoms with Gasteiger partial charge in [-0.3, -0.25) is 9.69 Å². The molecule has 5 rings (SSSR count). The Hall–Kier alpha value is -3.35. The van der Waals surface area contributed by atoms with Crippen LogP contribution in [0.1, 0.15) is 29.2 Å². The molecule has 2 heterocycles. The van der Waals surface area contributed by atoms with Crippen molar-refractivity contribution in [1.29, 1.82) is 0 Å². The van der Waals surface area contributed by atoms with Crippen molar-refractivity contribution in [3.05, 3.63) is 94.5 Å². The first-order valence-electron chi connectivity index (χ1n) is 10.8. The fraction of sp³-hybridized carbons (Fsp3) is 0.231. The summed E-state index contributed by atoms with van der Waals surface area (Å²) in [5.74, 6) is 1.33. The molecule has 33 heavy (non-hydrogen) atoms. The van der Waals surface area contributed by atoms with Crippen molar-refractivity contribution >= 4 is 23.2 Å². The minimum Gasteiger partial charge on any atom is -0.454 e. The van der Waals surface area contributed by atoms with Crippen molar-refractivity contribution in [1.82, 2.24) is 9.91 Å². The number of benzene rings is 3. The Morgan fingerprint density at radius 2 is 1.82 bits per heavy atom. The molecule has 7 heteroatoms. The molecule has 0 saturated heterocycles. The van der Waals surface area contributed by atoms with Crippen LogP contribution in [-0.4, -0.2) is 41.9 Å². The predicted octanol–water partition coefficient (Wildman–Crippen LogP) is 4.88. The Balaban J connectivity index is 1.41. The Kier molecular flexibility index (Phi) is 6.03. The van der Waals surface area contributed by atoms with Crippen LogP contribution < -0.4 is 9.47 Å². The normalized spacial score (nSPS) is 16.9. The lowest BCUT2D eigenvalue weighted by Crippen LogP contribution is -2.36. The van der Waals surface area contributed by atoms with Crippen molar-refractivity contribution in [2.24, 2.45) is 5.10 Å². The van der Waals surface area contributed by atoms with Crippen molar-refractivity contribution in [3.8, 4) is 11.5 Å². The van der Waals surface area contributed by atoms with Gasteiger partial charge in [-0.25, -0.2) is 5.01 Å². The van der Waals surface area contributed by atoms with Gasteiger partial charge < -0.3 is 9.47 Å². The predicted molar refractivity (Wildman–Crippen MR) is 128 cm³/mol. The van der Waals surface area contributed by atoms with E-state index in [1.807, 2.05) is 72.6 Å². The maximum Gasteiger partial charge on any atom is 0.257 e. The zero-order valence-electron chi connectivity index (χ0n) is 18.3. The van der Waals surface area contributed by atoms with Crippen LogP contribution >= 0.6 is 11.6 Å². The summed E-state index contributed by atoms with van der Waals surface area (Å²) in [6, 6.07) is 23.2. The number of likely N-dealkylation sites (N-methyl/N-ethyl adjacent to an activating group) is 1. The van der Waals surface area contributed by atoms with Crippen LogP contribution in [-0.2, 0) is 11.3 Å². The molecule has 0 fully saturated rings. The van der Waals surface area contributed by atoms with Crippen molar-refractivity contribution in [3.63, 3.8) is 0 Å².